The molecule has 1 unspecified atom stereocenters. The van der Waals surface area contributed by atoms with Gasteiger partial charge in [0.05, 0.1) is 12.3 Å². The van der Waals surface area contributed by atoms with Crippen molar-refractivity contribution in [2.45, 2.75) is 51.7 Å². The minimum atomic E-state index is -0.703. The van der Waals surface area contributed by atoms with Crippen molar-refractivity contribution in [3.8, 4) is 5.75 Å². The lowest BCUT2D eigenvalue weighted by molar-refractivity contribution is -0.134. The van der Waals surface area contributed by atoms with Crippen LogP contribution in [0.3, 0.4) is 0 Å². The zero-order valence-corrected chi connectivity index (χ0v) is 14.5. The highest BCUT2D eigenvalue weighted by atomic mass is 16.5. The normalized spacial score (nSPS) is 26.0. The zero-order valence-electron chi connectivity index (χ0n) is 14.5. The molecule has 7 nitrogen and oxygen atoms in total. The molecule has 134 valence electrons. The first-order chi connectivity index (χ1) is 11.9. The van der Waals surface area contributed by atoms with Crippen molar-refractivity contribution in [2.75, 3.05) is 0 Å². The van der Waals surface area contributed by atoms with Crippen LogP contribution in [0.1, 0.15) is 50.0 Å². The topological polar surface area (TPSA) is 97.4 Å². The van der Waals surface area contributed by atoms with E-state index in [1.54, 1.807) is 12.1 Å². The van der Waals surface area contributed by atoms with Crippen molar-refractivity contribution in [2.24, 2.45) is 11.8 Å². The maximum absolute atomic E-state index is 12.2. The number of imide groups is 1. The van der Waals surface area contributed by atoms with E-state index in [0.29, 0.717) is 18.1 Å². The minimum absolute atomic E-state index is 0.214. The van der Waals surface area contributed by atoms with Crippen LogP contribution in [0.5, 0.6) is 5.75 Å². The quantitative estimate of drug-likeness (QED) is 0.787. The Morgan fingerprint density at radius 2 is 2.08 bits per heavy atom. The Bertz CT molecular complexity index is 665. The van der Waals surface area contributed by atoms with Crippen LogP contribution < -0.4 is 15.4 Å². The third-order valence-electron chi connectivity index (χ3n) is 4.89. The number of hydrogen-bond acceptors (Lipinski definition) is 5. The van der Waals surface area contributed by atoms with E-state index in [0.717, 1.165) is 18.8 Å². The van der Waals surface area contributed by atoms with Crippen molar-refractivity contribution in [3.63, 3.8) is 0 Å². The van der Waals surface area contributed by atoms with E-state index in [1.165, 1.54) is 6.20 Å². The molecule has 2 aliphatic rings. The lowest BCUT2D eigenvalue weighted by Gasteiger charge is -2.37. The molecule has 0 radical (unpaired) electrons. The number of carbonyl (C=O) groups is 3. The predicted molar refractivity (Wildman–Crippen MR) is 89.9 cm³/mol. The lowest BCUT2D eigenvalue weighted by atomic mass is 9.75. The SMILES string of the molecule is CC(C)C1CC(Oc2ccc(C(=O)NC3CCC(=O)NC3=O)nc2)C1. The molecule has 1 aromatic heterocycles. The third kappa shape index (κ3) is 4.15. The fraction of sp³-hybridized carbons (Fsp3) is 0.556. The molecule has 1 aromatic rings. The highest BCUT2D eigenvalue weighted by Crippen LogP contribution is 2.36. The Hall–Kier alpha value is -2.44. The average Bonchev–Trinajstić information content (AvgIpc) is 2.53. The first kappa shape index (κ1) is 17.4. The number of nitrogens with one attached hydrogen (secondary N) is 2. The van der Waals surface area contributed by atoms with Gasteiger partial charge in [0.1, 0.15) is 17.5 Å². The maximum atomic E-state index is 12.2. The van der Waals surface area contributed by atoms with E-state index in [-0.39, 0.29) is 24.1 Å². The van der Waals surface area contributed by atoms with E-state index < -0.39 is 17.9 Å². The van der Waals surface area contributed by atoms with Gasteiger partial charge in [-0.3, -0.25) is 19.7 Å². The molecule has 0 aromatic carbocycles. The summed E-state index contributed by atoms with van der Waals surface area (Å²) in [5, 5.41) is 4.81. The molecule has 2 heterocycles. The average molecular weight is 345 g/mol. The second-order valence-electron chi connectivity index (χ2n) is 7.07. The molecule has 1 aliphatic heterocycles. The Morgan fingerprint density at radius 1 is 1.32 bits per heavy atom. The molecule has 0 bridgehead atoms. The number of nitrogens with zero attached hydrogens (tertiary/aromatic N) is 1. The molecule has 0 spiro atoms. The van der Waals surface area contributed by atoms with Crippen LogP contribution in [0.25, 0.3) is 0 Å². The molecular formula is C18H23N3O4. The van der Waals surface area contributed by atoms with Crippen molar-refractivity contribution in [1.29, 1.82) is 0 Å². The standard InChI is InChI=1S/C18H23N3O4/c1-10(2)11-7-13(8-11)25-12-3-4-14(19-9-12)17(23)20-15-5-6-16(22)21-18(15)24/h3-4,9-11,13,15H,5-8H2,1-2H3,(H,20,23)(H,21,22,24). The highest BCUT2D eigenvalue weighted by Gasteiger charge is 2.33. The summed E-state index contributed by atoms with van der Waals surface area (Å²) in [5.41, 5.74) is 0.214. The van der Waals surface area contributed by atoms with Gasteiger partial charge in [-0.25, -0.2) is 4.98 Å². The number of amides is 3. The summed E-state index contributed by atoms with van der Waals surface area (Å²) in [4.78, 5) is 39.1. The van der Waals surface area contributed by atoms with Crippen LogP contribution in [0.4, 0.5) is 0 Å². The molecular weight excluding hydrogens is 322 g/mol. The molecule has 2 N–H and O–H groups in total. The molecule has 25 heavy (non-hydrogen) atoms. The summed E-state index contributed by atoms with van der Waals surface area (Å²) < 4.78 is 5.85. The van der Waals surface area contributed by atoms with Crippen molar-refractivity contribution >= 4 is 17.7 Å². The van der Waals surface area contributed by atoms with Crippen LogP contribution >= 0.6 is 0 Å². The van der Waals surface area contributed by atoms with Gasteiger partial charge >= 0.3 is 0 Å². The van der Waals surface area contributed by atoms with Crippen molar-refractivity contribution < 1.29 is 19.1 Å². The number of aromatic nitrogens is 1. The van der Waals surface area contributed by atoms with Crippen molar-refractivity contribution in [1.82, 2.24) is 15.6 Å². The number of piperidine rings is 1. The molecule has 1 saturated carbocycles. The van der Waals surface area contributed by atoms with E-state index in [2.05, 4.69) is 29.5 Å². The fourth-order valence-electron chi connectivity index (χ4n) is 3.09. The summed E-state index contributed by atoms with van der Waals surface area (Å²) in [7, 11) is 0. The minimum Gasteiger partial charge on any atom is -0.489 e. The molecule has 7 heteroatoms. The maximum Gasteiger partial charge on any atom is 0.270 e. The molecule has 3 amide bonds. The number of carbonyl (C=O) groups excluding carboxylic acids is 3. The first-order valence-corrected chi connectivity index (χ1v) is 8.69. The van der Waals surface area contributed by atoms with Gasteiger partial charge in [0.25, 0.3) is 5.91 Å². The second kappa shape index (κ2) is 7.21. The van der Waals surface area contributed by atoms with Crippen LogP contribution in [0.15, 0.2) is 18.3 Å². The fourth-order valence-corrected chi connectivity index (χ4v) is 3.09. The van der Waals surface area contributed by atoms with Gasteiger partial charge < -0.3 is 10.1 Å². The summed E-state index contributed by atoms with van der Waals surface area (Å²) in [6.45, 7) is 4.44. The van der Waals surface area contributed by atoms with Crippen molar-refractivity contribution in [3.05, 3.63) is 24.0 Å². The van der Waals surface area contributed by atoms with E-state index in [4.69, 9.17) is 4.74 Å². The van der Waals surface area contributed by atoms with Gasteiger partial charge in [0, 0.05) is 6.42 Å². The third-order valence-corrected chi connectivity index (χ3v) is 4.89. The summed E-state index contributed by atoms with van der Waals surface area (Å²) in [5.74, 6) is 0.808. The largest absolute Gasteiger partial charge is 0.489 e. The summed E-state index contributed by atoms with van der Waals surface area (Å²) in [6.07, 6.45) is 4.37. The molecule has 1 atom stereocenters. The Morgan fingerprint density at radius 3 is 2.68 bits per heavy atom. The molecule has 2 fully saturated rings. The van der Waals surface area contributed by atoms with Gasteiger partial charge in [-0.05, 0) is 43.2 Å². The van der Waals surface area contributed by atoms with Gasteiger partial charge in [0.2, 0.25) is 11.8 Å². The number of ether oxygens (including phenoxy) is 1. The zero-order chi connectivity index (χ0) is 18.0. The van der Waals surface area contributed by atoms with Gasteiger partial charge in [0.15, 0.2) is 0 Å². The molecule has 3 rings (SSSR count). The summed E-state index contributed by atoms with van der Waals surface area (Å²) in [6, 6.07) is 2.59. The van der Waals surface area contributed by atoms with E-state index >= 15 is 0 Å². The monoisotopic (exact) mass is 345 g/mol. The van der Waals surface area contributed by atoms with Gasteiger partial charge in [-0.1, -0.05) is 13.8 Å². The molecule has 1 saturated heterocycles. The lowest BCUT2D eigenvalue weighted by Crippen LogP contribution is -2.52. The van der Waals surface area contributed by atoms with Crippen LogP contribution in [0, 0.1) is 11.8 Å². The Balaban J connectivity index is 1.51. The number of rotatable bonds is 5. The summed E-state index contributed by atoms with van der Waals surface area (Å²) >= 11 is 0. The van der Waals surface area contributed by atoms with Gasteiger partial charge in [-0.15, -0.1) is 0 Å². The predicted octanol–water partition coefficient (Wildman–Crippen LogP) is 1.43. The van der Waals surface area contributed by atoms with Crippen LogP contribution in [-0.4, -0.2) is 34.9 Å². The second-order valence-corrected chi connectivity index (χ2v) is 7.07. The number of pyridine rings is 1. The highest BCUT2D eigenvalue weighted by molar-refractivity contribution is 6.03. The van der Waals surface area contributed by atoms with E-state index in [1.807, 2.05) is 0 Å². The van der Waals surface area contributed by atoms with E-state index in [9.17, 15) is 14.4 Å². The van der Waals surface area contributed by atoms with Crippen LogP contribution in [-0.2, 0) is 9.59 Å². The Labute approximate surface area is 146 Å². The van der Waals surface area contributed by atoms with Crippen LogP contribution in [0.2, 0.25) is 0 Å². The smallest absolute Gasteiger partial charge is 0.270 e. The molecule has 1 aliphatic carbocycles. The Kier molecular flexibility index (Phi) is 5.01. The van der Waals surface area contributed by atoms with Gasteiger partial charge in [-0.2, -0.15) is 0 Å². The first-order valence-electron chi connectivity index (χ1n) is 8.69. The number of hydrogen-bond donors (Lipinski definition) is 2.